The molecule has 2 fully saturated rings. The van der Waals surface area contributed by atoms with E-state index in [2.05, 4.69) is 10.1 Å². The van der Waals surface area contributed by atoms with Crippen LogP contribution in [-0.4, -0.2) is 27.0 Å². The molecule has 20 heavy (non-hydrogen) atoms. The molecule has 0 aliphatic carbocycles. The highest BCUT2D eigenvalue weighted by atomic mass is 35.5. The first-order valence-corrected chi connectivity index (χ1v) is 7.43. The summed E-state index contributed by atoms with van der Waals surface area (Å²) in [5, 5.41) is 5.26. The summed E-state index contributed by atoms with van der Waals surface area (Å²) in [6.07, 6.45) is 4.10. The maximum atomic E-state index is 6.09. The summed E-state index contributed by atoms with van der Waals surface area (Å²) in [5.41, 5.74) is 0.968. The van der Waals surface area contributed by atoms with Gasteiger partial charge in [-0.2, -0.15) is 5.10 Å². The first-order chi connectivity index (χ1) is 9.70. The number of hydrogen-bond donors (Lipinski definition) is 0. The zero-order chi connectivity index (χ0) is 13.7. The second-order valence-corrected chi connectivity index (χ2v) is 6.06. The van der Waals surface area contributed by atoms with Crippen molar-refractivity contribution in [2.24, 2.45) is 0 Å². The van der Waals surface area contributed by atoms with Crippen molar-refractivity contribution in [1.29, 1.82) is 0 Å². The lowest BCUT2D eigenvalue weighted by molar-refractivity contribution is 0.0997. The molecule has 2 aromatic rings. The van der Waals surface area contributed by atoms with Gasteiger partial charge in [0.25, 0.3) is 0 Å². The lowest BCUT2D eigenvalue weighted by Crippen LogP contribution is -2.19. The molecule has 1 aromatic heterocycles. The molecule has 2 aliphatic heterocycles. The smallest absolute Gasteiger partial charge is 0.148 e. The average molecular weight is 290 g/mol. The molecule has 4 rings (SSSR count). The van der Waals surface area contributed by atoms with Crippen LogP contribution in [0.1, 0.15) is 36.8 Å². The van der Waals surface area contributed by atoms with Crippen molar-refractivity contribution in [2.45, 2.75) is 44.3 Å². The normalized spacial score (nSPS) is 28.2. The van der Waals surface area contributed by atoms with Gasteiger partial charge in [-0.25, -0.2) is 9.67 Å². The molecule has 0 radical (unpaired) electrons. The van der Waals surface area contributed by atoms with Crippen molar-refractivity contribution in [3.05, 3.63) is 40.9 Å². The van der Waals surface area contributed by atoms with Gasteiger partial charge in [-0.3, -0.25) is 0 Å². The van der Waals surface area contributed by atoms with Crippen LogP contribution in [0.2, 0.25) is 5.02 Å². The van der Waals surface area contributed by atoms with Gasteiger partial charge in [-0.15, -0.1) is 0 Å². The Morgan fingerprint density at radius 2 is 2.25 bits per heavy atom. The van der Waals surface area contributed by atoms with E-state index < -0.39 is 0 Å². The Labute approximate surface area is 122 Å². The molecule has 2 bridgehead atoms. The number of ether oxygens (including phenoxy) is 1. The lowest BCUT2D eigenvalue weighted by atomic mass is 9.88. The summed E-state index contributed by atoms with van der Waals surface area (Å²) < 4.78 is 7.88. The molecule has 1 aromatic carbocycles. The molecule has 3 heterocycles. The van der Waals surface area contributed by atoms with Crippen LogP contribution in [-0.2, 0) is 4.74 Å². The molecule has 0 spiro atoms. The van der Waals surface area contributed by atoms with Crippen LogP contribution in [0.5, 0.6) is 0 Å². The minimum atomic E-state index is 0.307. The Balaban J connectivity index is 1.77. The first-order valence-electron chi connectivity index (χ1n) is 7.05. The van der Waals surface area contributed by atoms with Gasteiger partial charge in [0, 0.05) is 10.9 Å². The molecule has 2 saturated heterocycles. The van der Waals surface area contributed by atoms with Gasteiger partial charge in [0.1, 0.15) is 11.6 Å². The van der Waals surface area contributed by atoms with E-state index >= 15 is 0 Å². The van der Waals surface area contributed by atoms with Crippen molar-refractivity contribution in [1.82, 2.24) is 14.8 Å². The Hall–Kier alpha value is -1.39. The predicted octanol–water partition coefficient (Wildman–Crippen LogP) is 3.26. The van der Waals surface area contributed by atoms with Crippen molar-refractivity contribution in [3.8, 4) is 5.69 Å². The summed E-state index contributed by atoms with van der Waals surface area (Å²) in [6, 6.07) is 7.75. The van der Waals surface area contributed by atoms with E-state index in [4.69, 9.17) is 16.3 Å². The van der Waals surface area contributed by atoms with Crippen LogP contribution in [0.15, 0.2) is 24.3 Å². The summed E-state index contributed by atoms with van der Waals surface area (Å²) in [5.74, 6) is 2.16. The second-order valence-electron chi connectivity index (χ2n) is 5.62. The van der Waals surface area contributed by atoms with Gasteiger partial charge in [0.05, 0.1) is 17.9 Å². The van der Waals surface area contributed by atoms with E-state index in [1.54, 1.807) is 0 Å². The summed E-state index contributed by atoms with van der Waals surface area (Å²) >= 11 is 6.09. The highest BCUT2D eigenvalue weighted by Gasteiger charge is 2.43. The summed E-state index contributed by atoms with van der Waals surface area (Å²) in [4.78, 5) is 4.65. The monoisotopic (exact) mass is 289 g/mol. The van der Waals surface area contributed by atoms with E-state index in [0.717, 1.165) is 30.2 Å². The Kier molecular flexibility index (Phi) is 2.82. The number of hydrogen-bond acceptors (Lipinski definition) is 3. The summed E-state index contributed by atoms with van der Waals surface area (Å²) in [6.45, 7) is 1.93. The van der Waals surface area contributed by atoms with E-state index in [9.17, 15) is 0 Å². The van der Waals surface area contributed by atoms with E-state index in [1.807, 2.05) is 35.9 Å². The third-order valence-electron chi connectivity index (χ3n) is 4.23. The van der Waals surface area contributed by atoms with E-state index in [1.165, 1.54) is 6.42 Å². The quantitative estimate of drug-likeness (QED) is 0.852. The number of halogens is 1. The second kappa shape index (κ2) is 4.57. The third kappa shape index (κ3) is 1.95. The van der Waals surface area contributed by atoms with Gasteiger partial charge in [0.2, 0.25) is 0 Å². The Morgan fingerprint density at radius 1 is 1.35 bits per heavy atom. The van der Waals surface area contributed by atoms with E-state index in [-0.39, 0.29) is 0 Å². The van der Waals surface area contributed by atoms with Crippen LogP contribution < -0.4 is 0 Å². The molecule has 104 valence electrons. The largest absolute Gasteiger partial charge is 0.374 e. The fourth-order valence-corrected chi connectivity index (χ4v) is 3.56. The fraction of sp³-hybridized carbons (Fsp3) is 0.467. The number of nitrogens with zero attached hydrogens (tertiary/aromatic N) is 3. The van der Waals surface area contributed by atoms with E-state index in [0.29, 0.717) is 23.1 Å². The molecule has 2 aliphatic rings. The highest BCUT2D eigenvalue weighted by molar-refractivity contribution is 6.30. The number of aryl methyl sites for hydroxylation is 1. The Morgan fingerprint density at radius 3 is 2.95 bits per heavy atom. The topological polar surface area (TPSA) is 39.9 Å². The van der Waals surface area contributed by atoms with Crippen LogP contribution in [0, 0.1) is 6.92 Å². The van der Waals surface area contributed by atoms with Crippen LogP contribution in [0.25, 0.3) is 5.69 Å². The molecule has 3 atom stereocenters. The van der Waals surface area contributed by atoms with Gasteiger partial charge < -0.3 is 4.74 Å². The van der Waals surface area contributed by atoms with Gasteiger partial charge in [0.15, 0.2) is 0 Å². The standard InChI is InChI=1S/C15H16ClN3O/c1-9-17-15(13-8-12-5-6-14(13)20-12)19(18-9)11-4-2-3-10(16)7-11/h2-4,7,12-14H,5-6,8H2,1H3/t12-,13-,14+/m0/s1. The molecular formula is C15H16ClN3O. The van der Waals surface area contributed by atoms with Crippen LogP contribution in [0.4, 0.5) is 0 Å². The molecule has 5 heteroatoms. The molecule has 0 amide bonds. The molecule has 0 N–H and O–H groups in total. The third-order valence-corrected chi connectivity index (χ3v) is 4.46. The van der Waals surface area contributed by atoms with Gasteiger partial charge in [-0.1, -0.05) is 17.7 Å². The number of aromatic nitrogens is 3. The molecule has 0 saturated carbocycles. The summed E-state index contributed by atoms with van der Waals surface area (Å²) in [7, 11) is 0. The van der Waals surface area contributed by atoms with Crippen molar-refractivity contribution in [2.75, 3.05) is 0 Å². The zero-order valence-electron chi connectivity index (χ0n) is 11.3. The minimum Gasteiger partial charge on any atom is -0.374 e. The van der Waals surface area contributed by atoms with Crippen LogP contribution >= 0.6 is 11.6 Å². The van der Waals surface area contributed by atoms with Crippen molar-refractivity contribution >= 4 is 11.6 Å². The fourth-order valence-electron chi connectivity index (χ4n) is 3.38. The number of benzene rings is 1. The SMILES string of the molecule is Cc1nc([C@H]2C[C@@H]3CC[C@H]2O3)n(-c2cccc(Cl)c2)n1. The van der Waals surface area contributed by atoms with Gasteiger partial charge >= 0.3 is 0 Å². The number of rotatable bonds is 2. The molecule has 0 unspecified atom stereocenters. The maximum absolute atomic E-state index is 6.09. The Bertz CT molecular complexity index is 654. The molecular weight excluding hydrogens is 274 g/mol. The molecule has 4 nitrogen and oxygen atoms in total. The first kappa shape index (κ1) is 12.4. The minimum absolute atomic E-state index is 0.307. The zero-order valence-corrected chi connectivity index (χ0v) is 12.0. The van der Waals surface area contributed by atoms with Gasteiger partial charge in [-0.05, 0) is 44.4 Å². The van der Waals surface area contributed by atoms with Crippen LogP contribution in [0.3, 0.4) is 0 Å². The van der Waals surface area contributed by atoms with Crippen molar-refractivity contribution in [3.63, 3.8) is 0 Å². The number of fused-ring (bicyclic) bond motifs is 2. The average Bonchev–Trinajstić information content (AvgIpc) is 3.12. The van der Waals surface area contributed by atoms with Crippen molar-refractivity contribution < 1.29 is 4.74 Å². The predicted molar refractivity (Wildman–Crippen MR) is 76.4 cm³/mol. The highest BCUT2D eigenvalue weighted by Crippen LogP contribution is 2.44. The lowest BCUT2D eigenvalue weighted by Gasteiger charge is -2.18. The maximum Gasteiger partial charge on any atom is 0.148 e.